The molecule has 152 valence electrons. The number of rotatable bonds is 5. The molecule has 1 aromatic carbocycles. The van der Waals surface area contributed by atoms with Crippen LogP contribution in [0, 0.1) is 0 Å². The van der Waals surface area contributed by atoms with Crippen LogP contribution in [0.5, 0.6) is 5.88 Å². The maximum Gasteiger partial charge on any atom is 0.416 e. The Kier molecular flexibility index (Phi) is 5.23. The summed E-state index contributed by atoms with van der Waals surface area (Å²) in [6, 6.07) is 5.74. The summed E-state index contributed by atoms with van der Waals surface area (Å²) in [5.74, 6) is 0.402. The largest absolute Gasteiger partial charge is 0.470 e. The van der Waals surface area contributed by atoms with Crippen LogP contribution in [0.15, 0.2) is 42.9 Å². The number of halogens is 3. The lowest BCUT2D eigenvalue weighted by Gasteiger charge is -2.28. The van der Waals surface area contributed by atoms with Gasteiger partial charge in [-0.3, -0.25) is 14.6 Å². The number of aromatic nitrogens is 4. The Bertz CT molecular complexity index is 988. The molecule has 0 radical (unpaired) electrons. The van der Waals surface area contributed by atoms with Crippen LogP contribution in [0.1, 0.15) is 28.1 Å². The van der Waals surface area contributed by atoms with E-state index in [9.17, 15) is 13.2 Å². The fourth-order valence-corrected chi connectivity index (χ4v) is 3.65. The first-order chi connectivity index (χ1) is 13.9. The highest BCUT2D eigenvalue weighted by molar-refractivity contribution is 5.32. The Balaban J connectivity index is 1.51. The highest BCUT2D eigenvalue weighted by atomic mass is 19.4. The third-order valence-corrected chi connectivity index (χ3v) is 5.02. The van der Waals surface area contributed by atoms with E-state index in [2.05, 4.69) is 15.1 Å². The molecule has 0 atom stereocenters. The smallest absolute Gasteiger partial charge is 0.416 e. The predicted octanol–water partition coefficient (Wildman–Crippen LogP) is 3.37. The average molecular weight is 403 g/mol. The van der Waals surface area contributed by atoms with Gasteiger partial charge in [-0.15, -0.1) is 0 Å². The molecule has 0 saturated heterocycles. The van der Waals surface area contributed by atoms with Gasteiger partial charge in [0.1, 0.15) is 12.3 Å². The summed E-state index contributed by atoms with van der Waals surface area (Å²) < 4.78 is 47.4. The summed E-state index contributed by atoms with van der Waals surface area (Å²) in [6.45, 7) is 1.65. The monoisotopic (exact) mass is 403 g/mol. The van der Waals surface area contributed by atoms with E-state index in [1.165, 1.54) is 12.3 Å². The van der Waals surface area contributed by atoms with Crippen LogP contribution in [0.4, 0.5) is 13.2 Å². The quantitative estimate of drug-likeness (QED) is 0.654. The molecule has 0 unspecified atom stereocenters. The maximum atomic E-state index is 13.3. The molecule has 2 aromatic heterocycles. The zero-order valence-corrected chi connectivity index (χ0v) is 15.9. The minimum Gasteiger partial charge on any atom is -0.470 e. The van der Waals surface area contributed by atoms with Crippen molar-refractivity contribution in [1.82, 2.24) is 24.6 Å². The Morgan fingerprint density at radius 1 is 1.17 bits per heavy atom. The van der Waals surface area contributed by atoms with Crippen LogP contribution in [0.3, 0.4) is 0 Å². The van der Waals surface area contributed by atoms with Gasteiger partial charge in [0.25, 0.3) is 0 Å². The van der Waals surface area contributed by atoms with Gasteiger partial charge in [-0.25, -0.2) is 4.98 Å². The lowest BCUT2D eigenvalue weighted by molar-refractivity contribution is -0.138. The number of ether oxygens (including phenoxy) is 1. The molecule has 1 aliphatic heterocycles. The lowest BCUT2D eigenvalue weighted by Crippen LogP contribution is -2.31. The molecule has 0 spiro atoms. The molecule has 3 aromatic rings. The van der Waals surface area contributed by atoms with E-state index in [0.29, 0.717) is 19.0 Å². The number of aryl methyl sites for hydroxylation is 1. The number of nitrogens with zero attached hydrogens (tertiary/aromatic N) is 5. The number of fused-ring (bicyclic) bond motifs is 1. The SMILES string of the molecule is Cn1nc(COc2cnccn2)c2c1CCN(Cc1ccccc1C(F)(F)F)C2. The number of alkyl halides is 3. The van der Waals surface area contributed by atoms with Crippen molar-refractivity contribution < 1.29 is 17.9 Å². The van der Waals surface area contributed by atoms with Crippen molar-refractivity contribution in [2.75, 3.05) is 6.54 Å². The van der Waals surface area contributed by atoms with Crippen molar-refractivity contribution >= 4 is 0 Å². The van der Waals surface area contributed by atoms with E-state index in [4.69, 9.17) is 4.74 Å². The van der Waals surface area contributed by atoms with E-state index < -0.39 is 11.7 Å². The van der Waals surface area contributed by atoms with Crippen molar-refractivity contribution in [2.24, 2.45) is 7.05 Å². The topological polar surface area (TPSA) is 56.1 Å². The van der Waals surface area contributed by atoms with Crippen LogP contribution in [-0.2, 0) is 39.3 Å². The third kappa shape index (κ3) is 4.24. The van der Waals surface area contributed by atoms with Crippen LogP contribution >= 0.6 is 0 Å². The average Bonchev–Trinajstić information content (AvgIpc) is 3.02. The Hall–Kier alpha value is -2.94. The highest BCUT2D eigenvalue weighted by Gasteiger charge is 2.34. The van der Waals surface area contributed by atoms with Crippen LogP contribution in [0.25, 0.3) is 0 Å². The molecule has 6 nitrogen and oxygen atoms in total. The summed E-state index contributed by atoms with van der Waals surface area (Å²) in [5, 5.41) is 4.54. The fraction of sp³-hybridized carbons (Fsp3) is 0.350. The fourth-order valence-electron chi connectivity index (χ4n) is 3.65. The van der Waals surface area contributed by atoms with Crippen molar-refractivity contribution in [3.8, 4) is 5.88 Å². The van der Waals surface area contributed by atoms with Crippen molar-refractivity contribution in [3.05, 3.63) is 70.9 Å². The van der Waals surface area contributed by atoms with E-state index in [1.54, 1.807) is 24.5 Å². The van der Waals surface area contributed by atoms with Gasteiger partial charge in [0.2, 0.25) is 5.88 Å². The van der Waals surface area contributed by atoms with E-state index in [0.717, 1.165) is 29.4 Å². The molecule has 0 amide bonds. The first kappa shape index (κ1) is 19.4. The first-order valence-electron chi connectivity index (χ1n) is 9.21. The van der Waals surface area contributed by atoms with Crippen LogP contribution in [0.2, 0.25) is 0 Å². The zero-order chi connectivity index (χ0) is 20.4. The summed E-state index contributed by atoms with van der Waals surface area (Å²) in [4.78, 5) is 10.1. The Morgan fingerprint density at radius 2 is 2.00 bits per heavy atom. The molecule has 1 aliphatic rings. The third-order valence-electron chi connectivity index (χ3n) is 5.02. The van der Waals surface area contributed by atoms with Gasteiger partial charge in [0.15, 0.2) is 0 Å². The van der Waals surface area contributed by atoms with Gasteiger partial charge in [0.05, 0.1) is 11.8 Å². The normalized spacial score (nSPS) is 14.6. The predicted molar refractivity (Wildman–Crippen MR) is 98.8 cm³/mol. The summed E-state index contributed by atoms with van der Waals surface area (Å²) >= 11 is 0. The second-order valence-corrected chi connectivity index (χ2v) is 6.94. The van der Waals surface area contributed by atoms with Gasteiger partial charge < -0.3 is 4.74 Å². The first-order valence-corrected chi connectivity index (χ1v) is 9.21. The Morgan fingerprint density at radius 3 is 2.76 bits per heavy atom. The minimum atomic E-state index is -4.36. The molecule has 4 rings (SSSR count). The summed E-state index contributed by atoms with van der Waals surface area (Å²) in [5.41, 5.74) is 2.56. The van der Waals surface area contributed by atoms with Gasteiger partial charge in [-0.05, 0) is 11.6 Å². The second-order valence-electron chi connectivity index (χ2n) is 6.94. The van der Waals surface area contributed by atoms with E-state index >= 15 is 0 Å². The van der Waals surface area contributed by atoms with E-state index in [-0.39, 0.29) is 18.7 Å². The molecule has 3 heterocycles. The van der Waals surface area contributed by atoms with Gasteiger partial charge in [-0.1, -0.05) is 18.2 Å². The van der Waals surface area contributed by atoms with Crippen molar-refractivity contribution in [3.63, 3.8) is 0 Å². The molecular weight excluding hydrogens is 383 g/mol. The minimum absolute atomic E-state index is 0.231. The van der Waals surface area contributed by atoms with Crippen LogP contribution in [-0.4, -0.2) is 31.2 Å². The molecule has 0 saturated carbocycles. The molecule has 0 fully saturated rings. The van der Waals surface area contributed by atoms with Gasteiger partial charge >= 0.3 is 6.18 Å². The summed E-state index contributed by atoms with van der Waals surface area (Å²) in [7, 11) is 1.87. The Labute approximate surface area is 166 Å². The lowest BCUT2D eigenvalue weighted by atomic mass is 10.0. The summed E-state index contributed by atoms with van der Waals surface area (Å²) in [6.07, 6.45) is 0.991. The highest BCUT2D eigenvalue weighted by Crippen LogP contribution is 2.33. The molecular formula is C20H20F3N5O. The standard InChI is InChI=1S/C20H20F3N5O/c1-27-18-6-9-28(11-14-4-2-3-5-16(14)20(21,22)23)12-15(18)17(26-27)13-29-19-10-24-7-8-25-19/h2-5,7-8,10H,6,9,11-13H2,1H3. The second kappa shape index (κ2) is 7.82. The van der Waals surface area contributed by atoms with Gasteiger partial charge in [0, 0.05) is 56.8 Å². The molecule has 0 aliphatic carbocycles. The number of hydrogen-bond acceptors (Lipinski definition) is 5. The zero-order valence-electron chi connectivity index (χ0n) is 15.9. The number of hydrogen-bond donors (Lipinski definition) is 0. The molecule has 9 heteroatoms. The van der Waals surface area contributed by atoms with Crippen LogP contribution < -0.4 is 4.74 Å². The number of benzene rings is 1. The van der Waals surface area contributed by atoms with Gasteiger partial charge in [-0.2, -0.15) is 18.3 Å². The van der Waals surface area contributed by atoms with E-state index in [1.807, 2.05) is 16.6 Å². The van der Waals surface area contributed by atoms with Crippen molar-refractivity contribution in [2.45, 2.75) is 32.3 Å². The molecule has 0 bridgehead atoms. The molecule has 0 N–H and O–H groups in total. The molecule has 29 heavy (non-hydrogen) atoms. The maximum absolute atomic E-state index is 13.3. The van der Waals surface area contributed by atoms with Crippen molar-refractivity contribution in [1.29, 1.82) is 0 Å².